The van der Waals surface area contributed by atoms with E-state index in [1.165, 1.54) is 103 Å². The van der Waals surface area contributed by atoms with Gasteiger partial charge in [-0.3, -0.25) is 0 Å². The molecule has 0 fully saturated rings. The van der Waals surface area contributed by atoms with Crippen LogP contribution in [0, 0.1) is 0 Å². The van der Waals surface area contributed by atoms with Gasteiger partial charge in [0.05, 0.1) is 5.41 Å². The van der Waals surface area contributed by atoms with Crippen LogP contribution in [0.5, 0.6) is 0 Å². The SMILES string of the molecule is CCCCCCCCC(c1cccc(Br)c1)C(c1ccccc1)(c1ccccc1)c1cccc(-c2cccc(-c3cccc4c3sc3ccccc34)c2)c1. The zero-order valence-electron chi connectivity index (χ0n) is 31.1. The van der Waals surface area contributed by atoms with Crippen molar-refractivity contribution in [2.75, 3.05) is 0 Å². The summed E-state index contributed by atoms with van der Waals surface area (Å²) in [6, 6.07) is 65.9. The van der Waals surface area contributed by atoms with E-state index in [0.717, 1.165) is 10.9 Å². The van der Waals surface area contributed by atoms with Gasteiger partial charge in [-0.1, -0.05) is 207 Å². The third-order valence-corrected chi connectivity index (χ3v) is 13.0. The van der Waals surface area contributed by atoms with Crippen LogP contribution in [0.4, 0.5) is 0 Å². The van der Waals surface area contributed by atoms with Gasteiger partial charge in [0.2, 0.25) is 0 Å². The highest BCUT2D eigenvalue weighted by molar-refractivity contribution is 9.10. The average molecular weight is 784 g/mol. The van der Waals surface area contributed by atoms with Gasteiger partial charge in [-0.25, -0.2) is 0 Å². The third-order valence-electron chi connectivity index (χ3n) is 11.3. The Morgan fingerprint density at radius 1 is 0.500 bits per heavy atom. The number of benzene rings is 7. The van der Waals surface area contributed by atoms with Gasteiger partial charge >= 0.3 is 0 Å². The summed E-state index contributed by atoms with van der Waals surface area (Å²) in [4.78, 5) is 0. The summed E-state index contributed by atoms with van der Waals surface area (Å²) >= 11 is 5.77. The highest BCUT2D eigenvalue weighted by atomic mass is 79.9. The van der Waals surface area contributed by atoms with Gasteiger partial charge < -0.3 is 0 Å². The van der Waals surface area contributed by atoms with Crippen LogP contribution in [0.15, 0.2) is 180 Å². The van der Waals surface area contributed by atoms with E-state index in [2.05, 4.69) is 199 Å². The van der Waals surface area contributed by atoms with Crippen LogP contribution in [0.2, 0.25) is 0 Å². The largest absolute Gasteiger partial charge is 0.135 e. The van der Waals surface area contributed by atoms with E-state index >= 15 is 0 Å². The Morgan fingerprint density at radius 3 is 1.85 bits per heavy atom. The van der Waals surface area contributed by atoms with Crippen LogP contribution >= 0.6 is 27.3 Å². The summed E-state index contributed by atoms with van der Waals surface area (Å²) in [7, 11) is 0. The van der Waals surface area contributed by atoms with Crippen LogP contribution in [0.3, 0.4) is 0 Å². The quantitative estimate of drug-likeness (QED) is 0.0761. The van der Waals surface area contributed by atoms with Crippen molar-refractivity contribution in [2.24, 2.45) is 0 Å². The molecule has 0 radical (unpaired) electrons. The molecule has 0 N–H and O–H groups in total. The zero-order chi connectivity index (χ0) is 36.7. The fraction of sp³-hybridized carbons (Fsp3) is 0.192. The minimum atomic E-state index is -0.428. The van der Waals surface area contributed by atoms with Crippen molar-refractivity contribution >= 4 is 47.4 Å². The molecule has 0 aliphatic carbocycles. The van der Waals surface area contributed by atoms with Gasteiger partial charge in [-0.15, -0.1) is 11.3 Å². The molecule has 1 atom stereocenters. The van der Waals surface area contributed by atoms with Crippen molar-refractivity contribution in [1.82, 2.24) is 0 Å². The Labute approximate surface area is 333 Å². The number of unbranched alkanes of at least 4 members (excludes halogenated alkanes) is 5. The van der Waals surface area contributed by atoms with Crippen LogP contribution in [0.1, 0.15) is 80.0 Å². The molecule has 54 heavy (non-hydrogen) atoms. The smallest absolute Gasteiger partial charge is 0.0519 e. The molecule has 7 aromatic carbocycles. The number of hydrogen-bond donors (Lipinski definition) is 0. The normalized spacial score (nSPS) is 12.3. The molecule has 0 nitrogen and oxygen atoms in total. The van der Waals surface area contributed by atoms with Crippen LogP contribution in [-0.2, 0) is 5.41 Å². The predicted octanol–water partition coefficient (Wildman–Crippen LogP) is 16.0. The average Bonchev–Trinajstić information content (AvgIpc) is 3.62. The lowest BCUT2D eigenvalue weighted by Crippen LogP contribution is -2.37. The summed E-state index contributed by atoms with van der Waals surface area (Å²) in [5, 5.41) is 2.67. The summed E-state index contributed by atoms with van der Waals surface area (Å²) in [6.07, 6.45) is 8.73. The van der Waals surface area contributed by atoms with Gasteiger partial charge in [0.15, 0.2) is 0 Å². The molecular formula is C52H47BrS. The van der Waals surface area contributed by atoms with Crippen molar-refractivity contribution in [3.63, 3.8) is 0 Å². The monoisotopic (exact) mass is 782 g/mol. The minimum Gasteiger partial charge on any atom is -0.135 e. The highest BCUT2D eigenvalue weighted by Gasteiger charge is 2.44. The number of hydrogen-bond acceptors (Lipinski definition) is 1. The van der Waals surface area contributed by atoms with E-state index < -0.39 is 5.41 Å². The topological polar surface area (TPSA) is 0 Å². The molecule has 0 aliphatic heterocycles. The number of thiophene rings is 1. The molecule has 0 saturated carbocycles. The molecule has 0 saturated heterocycles. The second kappa shape index (κ2) is 16.7. The summed E-state index contributed by atoms with van der Waals surface area (Å²) in [5.74, 6) is 0.207. The Morgan fingerprint density at radius 2 is 1.09 bits per heavy atom. The zero-order valence-corrected chi connectivity index (χ0v) is 33.5. The summed E-state index contributed by atoms with van der Waals surface area (Å²) < 4.78 is 3.81. The van der Waals surface area contributed by atoms with Crippen molar-refractivity contribution in [3.8, 4) is 22.3 Å². The lowest BCUT2D eigenvalue weighted by molar-refractivity contribution is 0.428. The molecule has 0 bridgehead atoms. The third kappa shape index (κ3) is 7.22. The number of rotatable bonds is 14. The molecule has 1 unspecified atom stereocenters. The maximum absolute atomic E-state index is 3.87. The molecule has 2 heteroatoms. The van der Waals surface area contributed by atoms with Crippen LogP contribution in [-0.4, -0.2) is 0 Å². The summed E-state index contributed by atoms with van der Waals surface area (Å²) in [5.41, 5.74) is 9.94. The van der Waals surface area contributed by atoms with Gasteiger partial charge in [0.1, 0.15) is 0 Å². The van der Waals surface area contributed by atoms with Gasteiger partial charge in [-0.05, 0) is 81.3 Å². The van der Waals surface area contributed by atoms with E-state index in [-0.39, 0.29) is 5.92 Å². The maximum atomic E-state index is 3.87. The molecule has 0 spiro atoms. The Balaban J connectivity index is 1.29. The Hall–Kier alpha value is -4.76. The molecule has 0 amide bonds. The lowest BCUT2D eigenvalue weighted by atomic mass is 9.58. The van der Waals surface area contributed by atoms with E-state index in [1.54, 1.807) is 0 Å². The van der Waals surface area contributed by atoms with Gasteiger partial charge in [0, 0.05) is 30.6 Å². The lowest BCUT2D eigenvalue weighted by Gasteiger charge is -2.44. The number of fused-ring (bicyclic) bond motifs is 3. The van der Waals surface area contributed by atoms with E-state index in [0.29, 0.717) is 0 Å². The van der Waals surface area contributed by atoms with Crippen molar-refractivity contribution in [2.45, 2.75) is 63.2 Å². The molecule has 8 rings (SSSR count). The minimum absolute atomic E-state index is 0.207. The van der Waals surface area contributed by atoms with E-state index in [4.69, 9.17) is 0 Å². The first-order valence-corrected chi connectivity index (χ1v) is 21.3. The van der Waals surface area contributed by atoms with Crippen LogP contribution in [0.25, 0.3) is 42.4 Å². The van der Waals surface area contributed by atoms with E-state index in [9.17, 15) is 0 Å². The fourth-order valence-corrected chi connectivity index (χ4v) is 10.4. The Kier molecular flexibility index (Phi) is 11.2. The van der Waals surface area contributed by atoms with E-state index in [1.807, 2.05) is 11.3 Å². The first-order valence-electron chi connectivity index (χ1n) is 19.6. The van der Waals surface area contributed by atoms with Crippen molar-refractivity contribution < 1.29 is 0 Å². The molecule has 268 valence electrons. The molecular weight excluding hydrogens is 737 g/mol. The van der Waals surface area contributed by atoms with Gasteiger partial charge in [0.25, 0.3) is 0 Å². The molecule has 1 aromatic heterocycles. The van der Waals surface area contributed by atoms with Crippen molar-refractivity contribution in [1.29, 1.82) is 0 Å². The second-order valence-corrected chi connectivity index (χ2v) is 16.6. The van der Waals surface area contributed by atoms with Crippen LogP contribution < -0.4 is 0 Å². The summed E-state index contributed by atoms with van der Waals surface area (Å²) in [6.45, 7) is 2.30. The molecule has 8 aromatic rings. The molecule has 1 heterocycles. The predicted molar refractivity (Wildman–Crippen MR) is 238 cm³/mol. The first kappa shape index (κ1) is 36.2. The standard InChI is InChI=1S/C52H47BrS/c1-2-3-4-5-6-13-33-49(41-23-18-29-45(53)37-41)52(42-24-9-7-10-25-42,43-26-11-8-12-27-43)44-28-17-21-39(36-44)38-20-16-22-40(35-38)46-31-19-32-48-47-30-14-15-34-50(47)54-51(46)48/h7-12,14-32,34-37,49H,2-6,13,33H2,1H3. The van der Waals surface area contributed by atoms with Gasteiger partial charge in [-0.2, -0.15) is 0 Å². The molecule has 0 aliphatic rings. The highest BCUT2D eigenvalue weighted by Crippen LogP contribution is 2.53. The Bertz CT molecular complexity index is 2420. The second-order valence-electron chi connectivity index (χ2n) is 14.6. The first-order chi connectivity index (χ1) is 26.7. The maximum Gasteiger partial charge on any atom is 0.0519 e. The van der Waals surface area contributed by atoms with Crippen molar-refractivity contribution in [3.05, 3.63) is 203 Å². The fourth-order valence-electron chi connectivity index (χ4n) is 8.78. The number of halogens is 1.